The molecule has 0 aromatic carbocycles. The minimum absolute atomic E-state index is 0. The standard InChI is InChI=1S/C14H29N3O2.ClH/c1-4-6-14(3,15)13(19)17-9-7-16(8-10-17)12(5-2)11-18;/h12,18H,4-11,15H2,1-3H3;1H. The monoisotopic (exact) mass is 307 g/mol. The summed E-state index contributed by atoms with van der Waals surface area (Å²) in [6.45, 7) is 9.22. The van der Waals surface area contributed by atoms with E-state index < -0.39 is 5.54 Å². The quantitative estimate of drug-likeness (QED) is 0.763. The van der Waals surface area contributed by atoms with Gasteiger partial charge in [-0.2, -0.15) is 0 Å². The van der Waals surface area contributed by atoms with E-state index in [1.165, 1.54) is 0 Å². The fourth-order valence-corrected chi connectivity index (χ4v) is 2.78. The minimum atomic E-state index is -0.738. The number of nitrogens with zero attached hydrogens (tertiary/aromatic N) is 2. The molecule has 1 aliphatic heterocycles. The Morgan fingerprint density at radius 2 is 1.85 bits per heavy atom. The van der Waals surface area contributed by atoms with Crippen molar-refractivity contribution in [3.8, 4) is 0 Å². The number of aliphatic hydroxyl groups is 1. The highest BCUT2D eigenvalue weighted by atomic mass is 35.5. The molecule has 6 heteroatoms. The molecule has 3 N–H and O–H groups in total. The molecule has 0 aromatic rings. The third-order valence-corrected chi connectivity index (χ3v) is 4.06. The Morgan fingerprint density at radius 1 is 1.30 bits per heavy atom. The zero-order valence-corrected chi connectivity index (χ0v) is 13.8. The van der Waals surface area contributed by atoms with Gasteiger partial charge in [-0.05, 0) is 19.8 Å². The van der Waals surface area contributed by atoms with Crippen molar-refractivity contribution in [2.75, 3.05) is 32.8 Å². The van der Waals surface area contributed by atoms with E-state index in [-0.39, 0.29) is 31.0 Å². The molecule has 2 unspecified atom stereocenters. The normalized spacial score (nSPS) is 20.9. The summed E-state index contributed by atoms with van der Waals surface area (Å²) in [4.78, 5) is 16.5. The molecule has 20 heavy (non-hydrogen) atoms. The zero-order valence-electron chi connectivity index (χ0n) is 13.0. The fraction of sp³-hybridized carbons (Fsp3) is 0.929. The van der Waals surface area contributed by atoms with E-state index in [0.717, 1.165) is 32.4 Å². The van der Waals surface area contributed by atoms with Crippen molar-refractivity contribution >= 4 is 18.3 Å². The molecule has 1 amide bonds. The first kappa shape index (κ1) is 19.6. The van der Waals surface area contributed by atoms with E-state index in [4.69, 9.17) is 5.73 Å². The van der Waals surface area contributed by atoms with Gasteiger partial charge in [-0.3, -0.25) is 9.69 Å². The number of aliphatic hydroxyl groups excluding tert-OH is 1. The van der Waals surface area contributed by atoms with Gasteiger partial charge in [0.1, 0.15) is 0 Å². The first-order valence-corrected chi connectivity index (χ1v) is 7.39. The summed E-state index contributed by atoms with van der Waals surface area (Å²) in [7, 11) is 0. The van der Waals surface area contributed by atoms with Crippen LogP contribution in [0.2, 0.25) is 0 Å². The summed E-state index contributed by atoms with van der Waals surface area (Å²) in [5.41, 5.74) is 5.37. The Bertz CT molecular complexity index is 288. The van der Waals surface area contributed by atoms with Gasteiger partial charge < -0.3 is 15.7 Å². The average molecular weight is 308 g/mol. The van der Waals surface area contributed by atoms with Crippen molar-refractivity contribution in [2.45, 2.75) is 51.6 Å². The molecule has 1 heterocycles. The van der Waals surface area contributed by atoms with Crippen molar-refractivity contribution in [1.82, 2.24) is 9.80 Å². The third-order valence-electron chi connectivity index (χ3n) is 4.06. The molecule has 120 valence electrons. The smallest absolute Gasteiger partial charge is 0.242 e. The van der Waals surface area contributed by atoms with Crippen LogP contribution in [0, 0.1) is 0 Å². The van der Waals surface area contributed by atoms with E-state index in [1.54, 1.807) is 0 Å². The second kappa shape index (κ2) is 8.82. The molecule has 2 atom stereocenters. The zero-order chi connectivity index (χ0) is 14.5. The van der Waals surface area contributed by atoms with Crippen LogP contribution in [-0.4, -0.2) is 65.2 Å². The average Bonchev–Trinajstić information content (AvgIpc) is 2.40. The highest BCUT2D eigenvalue weighted by Gasteiger charge is 2.34. The molecule has 0 aromatic heterocycles. The van der Waals surface area contributed by atoms with Crippen LogP contribution in [0.5, 0.6) is 0 Å². The lowest BCUT2D eigenvalue weighted by Crippen LogP contribution is -2.59. The second-order valence-electron chi connectivity index (χ2n) is 5.74. The van der Waals surface area contributed by atoms with Crippen molar-refractivity contribution in [3.63, 3.8) is 0 Å². The van der Waals surface area contributed by atoms with Crippen LogP contribution in [0.1, 0.15) is 40.0 Å². The SMILES string of the molecule is CCCC(C)(N)C(=O)N1CCN(C(CC)CO)CC1.Cl. The number of rotatable bonds is 6. The number of halogens is 1. The number of carbonyl (C=O) groups is 1. The maximum atomic E-state index is 12.4. The predicted octanol–water partition coefficient (Wildman–Crippen LogP) is 0.841. The van der Waals surface area contributed by atoms with Crippen LogP contribution in [0.25, 0.3) is 0 Å². The fourth-order valence-electron chi connectivity index (χ4n) is 2.78. The number of hydrogen-bond acceptors (Lipinski definition) is 4. The predicted molar refractivity (Wildman–Crippen MR) is 84.1 cm³/mol. The van der Waals surface area contributed by atoms with Gasteiger partial charge in [0.2, 0.25) is 5.91 Å². The maximum absolute atomic E-state index is 12.4. The van der Waals surface area contributed by atoms with Crippen molar-refractivity contribution in [2.24, 2.45) is 5.73 Å². The number of piperazine rings is 1. The molecule has 1 rings (SSSR count). The highest BCUT2D eigenvalue weighted by molar-refractivity contribution is 5.86. The Morgan fingerprint density at radius 3 is 2.25 bits per heavy atom. The lowest BCUT2D eigenvalue weighted by molar-refractivity contribution is -0.139. The van der Waals surface area contributed by atoms with Gasteiger partial charge in [0, 0.05) is 32.2 Å². The molecule has 0 radical (unpaired) electrons. The minimum Gasteiger partial charge on any atom is -0.395 e. The lowest BCUT2D eigenvalue weighted by Gasteiger charge is -2.41. The summed E-state index contributed by atoms with van der Waals surface area (Å²) >= 11 is 0. The van der Waals surface area contributed by atoms with E-state index >= 15 is 0 Å². The van der Waals surface area contributed by atoms with Crippen molar-refractivity contribution < 1.29 is 9.90 Å². The van der Waals surface area contributed by atoms with Crippen LogP contribution in [0.15, 0.2) is 0 Å². The molecule has 1 aliphatic rings. The second-order valence-corrected chi connectivity index (χ2v) is 5.74. The summed E-state index contributed by atoms with van der Waals surface area (Å²) in [6, 6.07) is 0.220. The molecule has 5 nitrogen and oxygen atoms in total. The van der Waals surface area contributed by atoms with Gasteiger partial charge in [0.05, 0.1) is 12.1 Å². The van der Waals surface area contributed by atoms with Crippen LogP contribution in [0.3, 0.4) is 0 Å². The Labute approximate surface area is 128 Å². The topological polar surface area (TPSA) is 69.8 Å². The number of amides is 1. The van der Waals surface area contributed by atoms with Gasteiger partial charge in [0.25, 0.3) is 0 Å². The summed E-state index contributed by atoms with van der Waals surface area (Å²) in [5, 5.41) is 9.31. The summed E-state index contributed by atoms with van der Waals surface area (Å²) < 4.78 is 0. The molecular weight excluding hydrogens is 278 g/mol. The molecule has 1 fully saturated rings. The number of nitrogens with two attached hydrogens (primary N) is 1. The molecule has 0 saturated carbocycles. The molecule has 0 aliphatic carbocycles. The largest absolute Gasteiger partial charge is 0.395 e. The molecule has 0 bridgehead atoms. The van der Waals surface area contributed by atoms with E-state index in [9.17, 15) is 9.90 Å². The molecule has 1 saturated heterocycles. The molecular formula is C14H30ClN3O2. The maximum Gasteiger partial charge on any atom is 0.242 e. The summed E-state index contributed by atoms with van der Waals surface area (Å²) in [6.07, 6.45) is 2.58. The van der Waals surface area contributed by atoms with Crippen molar-refractivity contribution in [3.05, 3.63) is 0 Å². The van der Waals surface area contributed by atoms with Crippen LogP contribution >= 0.6 is 12.4 Å². The van der Waals surface area contributed by atoms with Crippen LogP contribution in [0.4, 0.5) is 0 Å². The van der Waals surface area contributed by atoms with Gasteiger partial charge in [-0.15, -0.1) is 12.4 Å². The lowest BCUT2D eigenvalue weighted by atomic mass is 9.95. The third kappa shape index (κ3) is 4.88. The Kier molecular flexibility index (Phi) is 8.66. The van der Waals surface area contributed by atoms with Crippen molar-refractivity contribution in [1.29, 1.82) is 0 Å². The number of carbonyl (C=O) groups excluding carboxylic acids is 1. The first-order chi connectivity index (χ1) is 8.96. The van der Waals surface area contributed by atoms with Gasteiger partial charge in [-0.1, -0.05) is 20.3 Å². The van der Waals surface area contributed by atoms with Crippen LogP contribution < -0.4 is 5.73 Å². The van der Waals surface area contributed by atoms with E-state index in [2.05, 4.69) is 11.8 Å². The van der Waals surface area contributed by atoms with E-state index in [0.29, 0.717) is 13.1 Å². The van der Waals surface area contributed by atoms with Gasteiger partial charge in [0.15, 0.2) is 0 Å². The van der Waals surface area contributed by atoms with Crippen LogP contribution in [-0.2, 0) is 4.79 Å². The summed E-state index contributed by atoms with van der Waals surface area (Å²) in [5.74, 6) is 0.0612. The Balaban J connectivity index is 0.00000361. The highest BCUT2D eigenvalue weighted by Crippen LogP contribution is 2.16. The molecule has 0 spiro atoms. The van der Waals surface area contributed by atoms with Gasteiger partial charge >= 0.3 is 0 Å². The van der Waals surface area contributed by atoms with Gasteiger partial charge in [-0.25, -0.2) is 0 Å². The number of hydrogen-bond donors (Lipinski definition) is 2. The first-order valence-electron chi connectivity index (χ1n) is 7.39. The Hall–Kier alpha value is -0.360. The van der Waals surface area contributed by atoms with E-state index in [1.807, 2.05) is 18.7 Å².